The van der Waals surface area contributed by atoms with Crippen molar-refractivity contribution in [1.29, 1.82) is 0 Å². The number of rotatable bonds is 9. The molecule has 1 aromatic carbocycles. The van der Waals surface area contributed by atoms with Crippen LogP contribution < -0.4 is 10.2 Å². The molecule has 0 bridgehead atoms. The molecule has 3 heteroatoms. The minimum atomic E-state index is 0.253. The Hall–Kier alpha value is -1.06. The highest BCUT2D eigenvalue weighted by Gasteiger charge is 2.10. The van der Waals surface area contributed by atoms with Crippen molar-refractivity contribution in [2.45, 2.75) is 40.7 Å². The first kappa shape index (κ1) is 17.0. The summed E-state index contributed by atoms with van der Waals surface area (Å²) in [5.41, 5.74) is 3.95. The molecule has 3 nitrogen and oxygen atoms in total. The number of aliphatic hydroxyl groups is 1. The van der Waals surface area contributed by atoms with Gasteiger partial charge in [-0.15, -0.1) is 0 Å². The second kappa shape index (κ2) is 8.98. The third-order valence-electron chi connectivity index (χ3n) is 3.41. The fourth-order valence-electron chi connectivity index (χ4n) is 2.37. The molecule has 0 fully saturated rings. The fraction of sp³-hybridized carbons (Fsp3) is 0.647. The smallest absolute Gasteiger partial charge is 0.0447 e. The van der Waals surface area contributed by atoms with E-state index < -0.39 is 0 Å². The van der Waals surface area contributed by atoms with Gasteiger partial charge in [-0.1, -0.05) is 31.5 Å². The highest BCUT2D eigenvalue weighted by Crippen LogP contribution is 2.22. The van der Waals surface area contributed by atoms with E-state index in [1.807, 2.05) is 0 Å². The van der Waals surface area contributed by atoms with Crippen LogP contribution in [-0.4, -0.2) is 31.3 Å². The van der Waals surface area contributed by atoms with Gasteiger partial charge < -0.3 is 15.3 Å². The van der Waals surface area contributed by atoms with Crippen molar-refractivity contribution in [3.63, 3.8) is 0 Å². The Labute approximate surface area is 124 Å². The van der Waals surface area contributed by atoms with E-state index in [2.05, 4.69) is 56.1 Å². The van der Waals surface area contributed by atoms with Gasteiger partial charge in [0.2, 0.25) is 0 Å². The van der Waals surface area contributed by atoms with E-state index in [-0.39, 0.29) is 6.61 Å². The van der Waals surface area contributed by atoms with Gasteiger partial charge in [-0.3, -0.25) is 0 Å². The van der Waals surface area contributed by atoms with Crippen LogP contribution in [0.2, 0.25) is 0 Å². The van der Waals surface area contributed by atoms with E-state index in [9.17, 15) is 0 Å². The molecule has 1 aromatic rings. The molecule has 0 amide bonds. The van der Waals surface area contributed by atoms with Crippen LogP contribution in [0.25, 0.3) is 0 Å². The third-order valence-corrected chi connectivity index (χ3v) is 3.41. The van der Waals surface area contributed by atoms with Crippen LogP contribution in [0.4, 0.5) is 5.69 Å². The normalized spacial score (nSPS) is 11.1. The highest BCUT2D eigenvalue weighted by molar-refractivity contribution is 5.55. The summed E-state index contributed by atoms with van der Waals surface area (Å²) in [6, 6.07) is 6.65. The van der Waals surface area contributed by atoms with Gasteiger partial charge >= 0.3 is 0 Å². The van der Waals surface area contributed by atoms with E-state index >= 15 is 0 Å². The number of hydrogen-bond acceptors (Lipinski definition) is 3. The zero-order chi connectivity index (χ0) is 15.0. The average Bonchev–Trinajstić information content (AvgIpc) is 2.41. The minimum absolute atomic E-state index is 0.253. The largest absolute Gasteiger partial charge is 0.396 e. The van der Waals surface area contributed by atoms with Crippen LogP contribution in [0.3, 0.4) is 0 Å². The van der Waals surface area contributed by atoms with Crippen molar-refractivity contribution >= 4 is 5.69 Å². The molecule has 1 rings (SSSR count). The summed E-state index contributed by atoms with van der Waals surface area (Å²) in [6.45, 7) is 12.8. The Morgan fingerprint density at radius 3 is 2.65 bits per heavy atom. The van der Waals surface area contributed by atoms with Crippen molar-refractivity contribution in [2.24, 2.45) is 5.92 Å². The Kier molecular flexibility index (Phi) is 7.63. The molecule has 0 unspecified atom stereocenters. The van der Waals surface area contributed by atoms with Crippen LogP contribution >= 0.6 is 0 Å². The number of aryl methyl sites for hydroxylation is 1. The van der Waals surface area contributed by atoms with E-state index in [0.29, 0.717) is 5.92 Å². The van der Waals surface area contributed by atoms with Gasteiger partial charge in [0.15, 0.2) is 0 Å². The monoisotopic (exact) mass is 278 g/mol. The van der Waals surface area contributed by atoms with E-state index in [4.69, 9.17) is 5.11 Å². The number of aliphatic hydroxyl groups excluding tert-OH is 1. The van der Waals surface area contributed by atoms with Crippen LogP contribution in [0, 0.1) is 12.8 Å². The molecule has 0 aliphatic carbocycles. The van der Waals surface area contributed by atoms with Gasteiger partial charge in [0.1, 0.15) is 0 Å². The number of benzene rings is 1. The van der Waals surface area contributed by atoms with Crippen molar-refractivity contribution < 1.29 is 5.11 Å². The fourth-order valence-corrected chi connectivity index (χ4v) is 2.37. The predicted octanol–water partition coefficient (Wildman–Crippen LogP) is 2.95. The second-order valence-corrected chi connectivity index (χ2v) is 5.81. The first-order valence-electron chi connectivity index (χ1n) is 7.74. The lowest BCUT2D eigenvalue weighted by atomic mass is 10.1. The van der Waals surface area contributed by atoms with Crippen LogP contribution in [0.1, 0.15) is 38.3 Å². The van der Waals surface area contributed by atoms with Gasteiger partial charge in [-0.05, 0) is 44.4 Å². The Morgan fingerprint density at radius 1 is 1.30 bits per heavy atom. The zero-order valence-electron chi connectivity index (χ0n) is 13.4. The minimum Gasteiger partial charge on any atom is -0.396 e. The average molecular weight is 278 g/mol. The van der Waals surface area contributed by atoms with E-state index in [1.165, 1.54) is 16.8 Å². The second-order valence-electron chi connectivity index (χ2n) is 5.81. The Morgan fingerprint density at radius 2 is 2.05 bits per heavy atom. The first-order chi connectivity index (χ1) is 9.58. The summed E-state index contributed by atoms with van der Waals surface area (Å²) < 4.78 is 0. The third kappa shape index (κ3) is 5.51. The molecule has 0 atom stereocenters. The van der Waals surface area contributed by atoms with Gasteiger partial charge in [0.05, 0.1) is 0 Å². The SMILES string of the molecule is CCN(CCCO)c1ccc(C)cc1CNCC(C)C. The molecule has 114 valence electrons. The molecule has 0 spiro atoms. The van der Waals surface area contributed by atoms with Crippen LogP contribution in [-0.2, 0) is 6.54 Å². The molecule has 0 radical (unpaired) electrons. The van der Waals surface area contributed by atoms with Crippen LogP contribution in [0.5, 0.6) is 0 Å². The van der Waals surface area contributed by atoms with Gasteiger partial charge in [0.25, 0.3) is 0 Å². The molecule has 20 heavy (non-hydrogen) atoms. The molecule has 0 aliphatic rings. The van der Waals surface area contributed by atoms with Crippen molar-refractivity contribution in [3.8, 4) is 0 Å². The number of nitrogens with zero attached hydrogens (tertiary/aromatic N) is 1. The summed E-state index contributed by atoms with van der Waals surface area (Å²) in [5.74, 6) is 0.667. The van der Waals surface area contributed by atoms with Crippen molar-refractivity contribution in [3.05, 3.63) is 29.3 Å². The molecular formula is C17H30N2O. The lowest BCUT2D eigenvalue weighted by Gasteiger charge is -2.26. The van der Waals surface area contributed by atoms with Crippen LogP contribution in [0.15, 0.2) is 18.2 Å². The lowest BCUT2D eigenvalue weighted by molar-refractivity contribution is 0.289. The highest BCUT2D eigenvalue weighted by atomic mass is 16.3. The molecule has 2 N–H and O–H groups in total. The summed E-state index contributed by atoms with van der Waals surface area (Å²) in [4.78, 5) is 2.35. The number of nitrogens with one attached hydrogen (secondary N) is 1. The maximum absolute atomic E-state index is 9.03. The van der Waals surface area contributed by atoms with Crippen molar-refractivity contribution in [2.75, 3.05) is 31.1 Å². The van der Waals surface area contributed by atoms with E-state index in [1.54, 1.807) is 0 Å². The Bertz CT molecular complexity index is 391. The summed E-state index contributed by atoms with van der Waals surface area (Å²) in [6.07, 6.45) is 0.820. The lowest BCUT2D eigenvalue weighted by Crippen LogP contribution is -2.27. The standard InChI is InChI=1S/C17H30N2O/c1-5-19(9-6-10-20)17-8-7-15(4)11-16(17)13-18-12-14(2)3/h7-8,11,14,18,20H,5-6,9-10,12-13H2,1-4H3. The Balaban J connectivity index is 2.81. The van der Waals surface area contributed by atoms with E-state index in [0.717, 1.165) is 32.6 Å². The topological polar surface area (TPSA) is 35.5 Å². The number of anilines is 1. The molecule has 0 aromatic heterocycles. The maximum Gasteiger partial charge on any atom is 0.0447 e. The maximum atomic E-state index is 9.03. The molecule has 0 saturated carbocycles. The summed E-state index contributed by atoms with van der Waals surface area (Å²) in [7, 11) is 0. The predicted molar refractivity (Wildman–Crippen MR) is 87.3 cm³/mol. The van der Waals surface area contributed by atoms with Gasteiger partial charge in [0, 0.05) is 31.9 Å². The van der Waals surface area contributed by atoms with Gasteiger partial charge in [-0.2, -0.15) is 0 Å². The first-order valence-corrected chi connectivity index (χ1v) is 7.74. The van der Waals surface area contributed by atoms with Crippen molar-refractivity contribution in [1.82, 2.24) is 5.32 Å². The van der Waals surface area contributed by atoms with Gasteiger partial charge in [-0.25, -0.2) is 0 Å². The molecule has 0 aliphatic heterocycles. The quantitative estimate of drug-likeness (QED) is 0.729. The molecular weight excluding hydrogens is 248 g/mol. The molecule has 0 heterocycles. The summed E-state index contributed by atoms with van der Waals surface area (Å²) >= 11 is 0. The molecule has 0 saturated heterocycles. The zero-order valence-corrected chi connectivity index (χ0v) is 13.4. The number of hydrogen-bond donors (Lipinski definition) is 2. The summed E-state index contributed by atoms with van der Waals surface area (Å²) in [5, 5.41) is 12.6.